The molecule has 0 bridgehead atoms. The summed E-state index contributed by atoms with van der Waals surface area (Å²) in [7, 11) is 1.98. The highest BCUT2D eigenvalue weighted by Gasteiger charge is 2.44. The van der Waals surface area contributed by atoms with E-state index in [1.54, 1.807) is 49.8 Å². The number of pyridine rings is 1. The summed E-state index contributed by atoms with van der Waals surface area (Å²) < 4.78 is 74.3. The number of carbonyl (C=O) groups is 5. The molecular weight excluding hydrogens is 1090 g/mol. The Morgan fingerprint density at radius 1 is 0.841 bits per heavy atom. The average molecular weight is 1160 g/mol. The van der Waals surface area contributed by atoms with Gasteiger partial charge >= 0.3 is 6.18 Å². The van der Waals surface area contributed by atoms with Crippen molar-refractivity contribution in [1.29, 1.82) is 0 Å². The number of rotatable bonds is 23. The second-order valence-electron chi connectivity index (χ2n) is 21.6. The molecule has 2 fully saturated rings. The summed E-state index contributed by atoms with van der Waals surface area (Å²) in [6, 6.07) is 14.7. The number of aryl methyl sites for hydroxylation is 1. The number of aromatic amines is 1. The lowest BCUT2D eigenvalue weighted by atomic mass is 9.85. The summed E-state index contributed by atoms with van der Waals surface area (Å²) in [5.74, 6) is -3.69. The van der Waals surface area contributed by atoms with E-state index in [1.807, 2.05) is 57.0 Å². The van der Waals surface area contributed by atoms with Crippen LogP contribution in [-0.2, 0) is 41.3 Å². The number of likely N-dealkylation sites (N-methyl/N-ethyl adjacent to an activating group) is 1. The molecule has 7 rings (SSSR count). The Hall–Kier alpha value is -7.09. The molecular formula is C58H71F4N9O10S. The molecule has 2 aliphatic rings. The van der Waals surface area contributed by atoms with Gasteiger partial charge in [0.15, 0.2) is 0 Å². The van der Waals surface area contributed by atoms with Crippen molar-refractivity contribution in [3.8, 4) is 21.6 Å². The topological polar surface area (TPSA) is 237 Å². The van der Waals surface area contributed by atoms with Crippen LogP contribution in [0.3, 0.4) is 0 Å². The normalized spacial score (nSPS) is 18.0. The molecule has 19 nitrogen and oxygen atoms in total. The zero-order valence-corrected chi connectivity index (χ0v) is 47.7. The average Bonchev–Trinajstić information content (AvgIpc) is 3.82. The van der Waals surface area contributed by atoms with E-state index in [1.165, 1.54) is 23.1 Å². The maximum atomic E-state index is 15.6. The number of carbonyl (C=O) groups excluding carboxylic acids is 5. The summed E-state index contributed by atoms with van der Waals surface area (Å²) in [6.45, 7) is 13.6. The molecule has 2 aliphatic heterocycles. The molecule has 5 atom stereocenters. The summed E-state index contributed by atoms with van der Waals surface area (Å²) in [5, 5.41) is 21.6. The fourth-order valence-corrected chi connectivity index (χ4v) is 10.5. The highest BCUT2D eigenvalue weighted by molar-refractivity contribution is 7.13. The van der Waals surface area contributed by atoms with E-state index in [0.29, 0.717) is 31.0 Å². The van der Waals surface area contributed by atoms with Crippen LogP contribution in [0.15, 0.2) is 83.2 Å². The van der Waals surface area contributed by atoms with Gasteiger partial charge in [0.2, 0.25) is 23.3 Å². The Bertz CT molecular complexity index is 3100. The van der Waals surface area contributed by atoms with Gasteiger partial charge in [0.05, 0.1) is 84.3 Å². The van der Waals surface area contributed by atoms with Gasteiger partial charge in [0.1, 0.15) is 17.9 Å². The predicted octanol–water partition coefficient (Wildman–Crippen LogP) is 6.39. The van der Waals surface area contributed by atoms with Crippen LogP contribution in [0.1, 0.15) is 85.0 Å². The van der Waals surface area contributed by atoms with Gasteiger partial charge in [0.25, 0.3) is 11.8 Å². The fourth-order valence-electron chi connectivity index (χ4n) is 9.71. The maximum absolute atomic E-state index is 15.6. The van der Waals surface area contributed by atoms with Gasteiger partial charge in [-0.1, -0.05) is 51.1 Å². The first-order chi connectivity index (χ1) is 38.9. The number of aliphatic hydroxyl groups excluding tert-OH is 1. The van der Waals surface area contributed by atoms with Crippen LogP contribution in [0.25, 0.3) is 21.6 Å². The maximum Gasteiger partial charge on any atom is 0.417 e. The van der Waals surface area contributed by atoms with Crippen LogP contribution in [0.4, 0.5) is 28.9 Å². The third kappa shape index (κ3) is 16.3. The molecule has 1 unspecified atom stereocenters. The van der Waals surface area contributed by atoms with Crippen LogP contribution >= 0.6 is 11.3 Å². The first-order valence-electron chi connectivity index (χ1n) is 27.0. The molecule has 6 N–H and O–H groups in total. The number of ether oxygens (including phenoxy) is 3. The Morgan fingerprint density at radius 2 is 1.50 bits per heavy atom. The molecule has 4 heterocycles. The molecule has 2 aromatic heterocycles. The molecule has 0 spiro atoms. The number of halogens is 4. The number of β-amino-alcohol motifs (C(OH)–C–C–N with tert-alkyl or cyclic N) is 1. The van der Waals surface area contributed by atoms with E-state index in [9.17, 15) is 47.0 Å². The zero-order chi connectivity index (χ0) is 59.5. The third-order valence-electron chi connectivity index (χ3n) is 14.4. The van der Waals surface area contributed by atoms with Gasteiger partial charge < -0.3 is 55.4 Å². The number of anilines is 2. The van der Waals surface area contributed by atoms with Crippen molar-refractivity contribution in [1.82, 2.24) is 35.7 Å². The number of amides is 5. The second-order valence-corrected chi connectivity index (χ2v) is 22.4. The Morgan fingerprint density at radius 3 is 2.15 bits per heavy atom. The van der Waals surface area contributed by atoms with E-state index in [4.69, 9.17) is 14.2 Å². The number of aliphatic hydroxyl groups is 1. The quantitative estimate of drug-likeness (QED) is 0.0308. The van der Waals surface area contributed by atoms with Gasteiger partial charge in [-0.25, -0.2) is 9.37 Å². The number of hydrogen-bond acceptors (Lipinski definition) is 14. The number of hydrogen-bond donors (Lipinski definition) is 6. The van der Waals surface area contributed by atoms with Gasteiger partial charge in [-0.05, 0) is 80.3 Å². The van der Waals surface area contributed by atoms with Crippen molar-refractivity contribution in [2.24, 2.45) is 5.41 Å². The number of likely N-dealkylation sites (tertiary alicyclic amines) is 1. The molecule has 2 saturated heterocycles. The summed E-state index contributed by atoms with van der Waals surface area (Å²) in [5.41, 5.74) is 1.52. The first-order valence-corrected chi connectivity index (χ1v) is 27.9. The lowest BCUT2D eigenvalue weighted by Crippen LogP contribution is -2.57. The van der Waals surface area contributed by atoms with E-state index in [0.717, 1.165) is 27.8 Å². The molecule has 442 valence electrons. The lowest BCUT2D eigenvalue weighted by Gasteiger charge is -2.44. The largest absolute Gasteiger partial charge is 0.417 e. The van der Waals surface area contributed by atoms with Gasteiger partial charge in [-0.15, -0.1) is 11.3 Å². The number of piperazine rings is 1. The molecule has 0 radical (unpaired) electrons. The molecule has 5 aromatic rings. The number of nitrogens with one attached hydrogen (secondary N) is 5. The zero-order valence-electron chi connectivity index (χ0n) is 46.9. The van der Waals surface area contributed by atoms with Crippen LogP contribution in [0.5, 0.6) is 0 Å². The number of alkyl halides is 3. The van der Waals surface area contributed by atoms with Crippen LogP contribution in [-0.4, -0.2) is 158 Å². The molecule has 0 aliphatic carbocycles. The monoisotopic (exact) mass is 1160 g/mol. The first kappa shape index (κ1) is 62.5. The van der Waals surface area contributed by atoms with Crippen molar-refractivity contribution in [3.05, 3.63) is 123 Å². The van der Waals surface area contributed by atoms with E-state index < -0.39 is 81.8 Å². The number of aromatic nitrogens is 2. The van der Waals surface area contributed by atoms with Crippen molar-refractivity contribution < 1.29 is 60.9 Å². The number of H-pyrrole nitrogens is 1. The standard InChI is InChI=1S/C58H71F4N9O10S/c1-34-30-70(31-35(2)69(34)7)47-15-13-39(25-46(47)67-54(76)43-29-64-50(74)27-44(43)58(60,61)62)42-24-40(12-14-45(42)59)53(75)63-17-19-80-21-23-81-22-20-79-18-16-49(73)68-52(57(4,5)6)56(78)71-32-41(72)26-48(71)55(77)65-28-37-8-10-38(11-9-37)51-36(3)66-33-82-51/h8-15,24-25,27,29,33-35,41,48,52,72H,16-23,26,28,30-32H2,1-7H3,(H,63,75)(H,64,74)(H,65,77)(H,67,76)(H,68,73)/t34-,35+,41-,48+,52?/m1/s1. The third-order valence-corrected chi connectivity index (χ3v) is 15.4. The van der Waals surface area contributed by atoms with E-state index >= 15 is 4.39 Å². The minimum atomic E-state index is -5.01. The summed E-state index contributed by atoms with van der Waals surface area (Å²) in [4.78, 5) is 92.2. The van der Waals surface area contributed by atoms with E-state index in [2.05, 4.69) is 36.1 Å². The Balaban J connectivity index is 0.821. The molecule has 5 amide bonds. The predicted molar refractivity (Wildman–Crippen MR) is 302 cm³/mol. The Labute approximate surface area is 477 Å². The smallest absolute Gasteiger partial charge is 0.391 e. The summed E-state index contributed by atoms with van der Waals surface area (Å²) in [6.07, 6.45) is -5.21. The number of benzene rings is 3. The SMILES string of the molecule is Cc1ncsc1-c1ccc(CNC(=O)[C@@H]2C[C@@H](O)CN2C(=O)C(NC(=O)CCOCCOCCOCCNC(=O)c2ccc(F)c(-c3ccc(N4C[C@@H](C)N(C)[C@@H](C)C4)c(NC(=O)c4c[nH]c(=O)cc4C(F)(F)F)c3)c2)C(C)(C)C)cc1. The van der Waals surface area contributed by atoms with Crippen LogP contribution in [0, 0.1) is 18.2 Å². The van der Waals surface area contributed by atoms with Crippen molar-refractivity contribution in [2.75, 3.05) is 83.1 Å². The van der Waals surface area contributed by atoms with Gasteiger partial charge in [-0.2, -0.15) is 13.2 Å². The highest BCUT2D eigenvalue weighted by atomic mass is 32.1. The number of thiazole rings is 1. The molecule has 3 aromatic carbocycles. The van der Waals surface area contributed by atoms with E-state index in [-0.39, 0.29) is 107 Å². The molecule has 0 saturated carbocycles. The van der Waals surface area contributed by atoms with Crippen LogP contribution < -0.4 is 31.7 Å². The van der Waals surface area contributed by atoms with Crippen molar-refractivity contribution in [3.63, 3.8) is 0 Å². The highest BCUT2D eigenvalue weighted by Crippen LogP contribution is 2.37. The minimum absolute atomic E-state index is 0.00818. The second kappa shape index (κ2) is 27.8. The van der Waals surface area contributed by atoms with Gasteiger partial charge in [0, 0.05) is 81.0 Å². The molecule has 24 heteroatoms. The lowest BCUT2D eigenvalue weighted by molar-refractivity contribution is -0.144. The summed E-state index contributed by atoms with van der Waals surface area (Å²) >= 11 is 1.55. The van der Waals surface area contributed by atoms with Crippen LogP contribution in [0.2, 0.25) is 0 Å². The fraction of sp³-hybridized carbons (Fsp3) is 0.466. The minimum Gasteiger partial charge on any atom is -0.391 e. The number of nitrogens with zero attached hydrogens (tertiary/aromatic N) is 4. The Kier molecular flexibility index (Phi) is 21.2. The van der Waals surface area contributed by atoms with Crippen molar-refractivity contribution >= 4 is 52.2 Å². The van der Waals surface area contributed by atoms with Gasteiger partial charge in [-0.3, -0.25) is 33.7 Å². The van der Waals surface area contributed by atoms with Crippen molar-refractivity contribution in [2.45, 2.75) is 97.4 Å². The molecule has 82 heavy (non-hydrogen) atoms.